The van der Waals surface area contributed by atoms with Crippen LogP contribution in [0.4, 0.5) is 4.39 Å². The normalized spacial score (nSPS) is 20.5. The Morgan fingerprint density at radius 3 is 2.73 bits per heavy atom. The second-order valence-electron chi connectivity index (χ2n) is 6.45. The minimum absolute atomic E-state index is 0.127. The molecule has 2 N–H and O–H groups in total. The number of methoxy groups -OCH3 is 1. The van der Waals surface area contributed by atoms with Crippen LogP contribution in [0, 0.1) is 11.2 Å². The lowest BCUT2D eigenvalue weighted by Crippen LogP contribution is -2.45. The number of carbonyl (C=O) groups is 1. The number of rotatable bonds is 5. The summed E-state index contributed by atoms with van der Waals surface area (Å²) in [6.07, 6.45) is 4.30. The first-order valence-corrected chi connectivity index (χ1v) is 7.96. The van der Waals surface area contributed by atoms with Crippen LogP contribution in [0.5, 0.6) is 5.75 Å². The third kappa shape index (κ3) is 3.40. The van der Waals surface area contributed by atoms with Gasteiger partial charge in [0, 0.05) is 12.1 Å². The lowest BCUT2D eigenvalue weighted by molar-refractivity contribution is -0.127. The van der Waals surface area contributed by atoms with Crippen molar-refractivity contribution < 1.29 is 13.9 Å². The van der Waals surface area contributed by atoms with Crippen molar-refractivity contribution in [3.8, 4) is 5.75 Å². The number of amides is 1. The number of hydrogen-bond donors (Lipinski definition) is 2. The molecule has 22 heavy (non-hydrogen) atoms. The van der Waals surface area contributed by atoms with E-state index in [0.29, 0.717) is 12.2 Å². The number of ether oxygens (including phenoxy) is 1. The minimum atomic E-state index is -0.344. The van der Waals surface area contributed by atoms with Crippen molar-refractivity contribution in [1.82, 2.24) is 10.6 Å². The van der Waals surface area contributed by atoms with Gasteiger partial charge in [-0.25, -0.2) is 4.39 Å². The maximum atomic E-state index is 13.6. The number of benzene rings is 1. The van der Waals surface area contributed by atoms with E-state index in [0.717, 1.165) is 44.3 Å². The lowest BCUT2D eigenvalue weighted by Gasteiger charge is -2.26. The van der Waals surface area contributed by atoms with E-state index in [-0.39, 0.29) is 23.2 Å². The van der Waals surface area contributed by atoms with Gasteiger partial charge < -0.3 is 15.4 Å². The van der Waals surface area contributed by atoms with E-state index < -0.39 is 0 Å². The summed E-state index contributed by atoms with van der Waals surface area (Å²) in [5, 5.41) is 6.48. The second kappa shape index (κ2) is 6.24. The molecule has 1 saturated heterocycles. The number of hydrogen-bond acceptors (Lipinski definition) is 3. The van der Waals surface area contributed by atoms with Crippen molar-refractivity contribution >= 4 is 5.91 Å². The topological polar surface area (TPSA) is 50.4 Å². The Bertz CT molecular complexity index is 552. The minimum Gasteiger partial charge on any atom is -0.497 e. The van der Waals surface area contributed by atoms with Gasteiger partial charge in [-0.3, -0.25) is 4.79 Å². The van der Waals surface area contributed by atoms with Gasteiger partial charge in [0.25, 0.3) is 0 Å². The van der Waals surface area contributed by atoms with Crippen LogP contribution in [-0.2, 0) is 11.2 Å². The van der Waals surface area contributed by atoms with E-state index in [1.165, 1.54) is 19.2 Å². The molecular weight excluding hydrogens is 283 g/mol. The highest BCUT2D eigenvalue weighted by molar-refractivity contribution is 5.85. The number of nitrogens with one attached hydrogen (secondary N) is 2. The van der Waals surface area contributed by atoms with Crippen LogP contribution in [0.1, 0.15) is 31.2 Å². The predicted octanol–water partition coefficient (Wildman–Crippen LogP) is 2.03. The summed E-state index contributed by atoms with van der Waals surface area (Å²) in [4.78, 5) is 12.6. The van der Waals surface area contributed by atoms with Crippen molar-refractivity contribution in [2.24, 2.45) is 5.41 Å². The van der Waals surface area contributed by atoms with Gasteiger partial charge in [-0.2, -0.15) is 0 Å². The molecule has 0 radical (unpaired) electrons. The van der Waals surface area contributed by atoms with Crippen LogP contribution in [0.15, 0.2) is 18.2 Å². The summed E-state index contributed by atoms with van der Waals surface area (Å²) in [6, 6.07) is 4.95. The molecule has 1 aromatic rings. The van der Waals surface area contributed by atoms with E-state index in [2.05, 4.69) is 10.6 Å². The van der Waals surface area contributed by atoms with Crippen LogP contribution < -0.4 is 15.4 Å². The Morgan fingerprint density at radius 2 is 2.09 bits per heavy atom. The molecule has 0 unspecified atom stereocenters. The molecule has 3 rings (SSSR count). The highest BCUT2D eigenvalue weighted by Gasteiger charge is 2.50. The Balaban J connectivity index is 1.65. The standard InChI is InChI=1S/C17H23FN2O2/c1-22-15-9-12(8-13(18)10-15)11-17(4-5-17)16(21)20-14-2-6-19-7-3-14/h8-10,14,19H,2-7,11H2,1H3,(H,20,21). The van der Waals surface area contributed by atoms with Gasteiger partial charge in [0.15, 0.2) is 0 Å². The van der Waals surface area contributed by atoms with E-state index >= 15 is 0 Å². The fraction of sp³-hybridized carbons (Fsp3) is 0.588. The SMILES string of the molecule is COc1cc(F)cc(CC2(C(=O)NC3CCNCC3)CC2)c1. The Labute approximate surface area is 130 Å². The van der Waals surface area contributed by atoms with Gasteiger partial charge in [0.05, 0.1) is 12.5 Å². The van der Waals surface area contributed by atoms with Gasteiger partial charge >= 0.3 is 0 Å². The summed E-state index contributed by atoms with van der Waals surface area (Å²) >= 11 is 0. The first-order chi connectivity index (χ1) is 10.6. The number of piperidine rings is 1. The van der Waals surface area contributed by atoms with Gasteiger partial charge in [-0.1, -0.05) is 0 Å². The Kier molecular flexibility index (Phi) is 4.34. The monoisotopic (exact) mass is 306 g/mol. The number of halogens is 1. The highest BCUT2D eigenvalue weighted by atomic mass is 19.1. The van der Waals surface area contributed by atoms with Crippen LogP contribution in [-0.4, -0.2) is 32.1 Å². The van der Waals surface area contributed by atoms with Crippen molar-refractivity contribution in [3.63, 3.8) is 0 Å². The zero-order chi connectivity index (χ0) is 15.6. The summed E-state index contributed by atoms with van der Waals surface area (Å²) < 4.78 is 18.7. The quantitative estimate of drug-likeness (QED) is 0.875. The molecule has 5 heteroatoms. The van der Waals surface area contributed by atoms with Crippen LogP contribution in [0.2, 0.25) is 0 Å². The van der Waals surface area contributed by atoms with Crippen molar-refractivity contribution in [3.05, 3.63) is 29.6 Å². The molecule has 0 atom stereocenters. The summed E-state index contributed by atoms with van der Waals surface area (Å²) in [5.74, 6) is 0.316. The molecule has 4 nitrogen and oxygen atoms in total. The number of carbonyl (C=O) groups excluding carboxylic acids is 1. The average molecular weight is 306 g/mol. The first-order valence-electron chi connectivity index (χ1n) is 7.96. The van der Waals surface area contributed by atoms with Gasteiger partial charge in [0.1, 0.15) is 11.6 Å². The zero-order valence-corrected chi connectivity index (χ0v) is 13.0. The Hall–Kier alpha value is -1.62. The molecule has 1 aliphatic carbocycles. The molecule has 1 heterocycles. The zero-order valence-electron chi connectivity index (χ0n) is 13.0. The summed E-state index contributed by atoms with van der Waals surface area (Å²) in [6.45, 7) is 1.91. The molecule has 120 valence electrons. The fourth-order valence-electron chi connectivity index (χ4n) is 3.17. The largest absolute Gasteiger partial charge is 0.497 e. The van der Waals surface area contributed by atoms with Gasteiger partial charge in [-0.15, -0.1) is 0 Å². The summed E-state index contributed by atoms with van der Waals surface area (Å²) in [5.41, 5.74) is 0.485. The lowest BCUT2D eigenvalue weighted by atomic mass is 9.94. The fourth-order valence-corrected chi connectivity index (χ4v) is 3.17. The van der Waals surface area contributed by atoms with Gasteiger partial charge in [-0.05, 0) is 62.9 Å². The third-order valence-corrected chi connectivity index (χ3v) is 4.72. The first kappa shape index (κ1) is 15.3. The van der Waals surface area contributed by atoms with Crippen molar-refractivity contribution in [2.45, 2.75) is 38.1 Å². The maximum absolute atomic E-state index is 13.6. The summed E-state index contributed by atoms with van der Waals surface area (Å²) in [7, 11) is 1.52. The second-order valence-corrected chi connectivity index (χ2v) is 6.45. The van der Waals surface area contributed by atoms with E-state index in [1.807, 2.05) is 6.07 Å². The molecule has 0 spiro atoms. The molecule has 0 bridgehead atoms. The Morgan fingerprint density at radius 1 is 1.36 bits per heavy atom. The van der Waals surface area contributed by atoms with Crippen LogP contribution in [0.25, 0.3) is 0 Å². The van der Waals surface area contributed by atoms with Crippen molar-refractivity contribution in [1.29, 1.82) is 0 Å². The molecule has 0 aromatic heterocycles. The molecule has 2 fully saturated rings. The average Bonchev–Trinajstić information content (AvgIpc) is 3.28. The molecule has 2 aliphatic rings. The maximum Gasteiger partial charge on any atom is 0.226 e. The van der Waals surface area contributed by atoms with Crippen LogP contribution in [0.3, 0.4) is 0 Å². The molecule has 1 aromatic carbocycles. The van der Waals surface area contributed by atoms with Crippen LogP contribution >= 0.6 is 0 Å². The smallest absolute Gasteiger partial charge is 0.226 e. The van der Waals surface area contributed by atoms with E-state index in [9.17, 15) is 9.18 Å². The van der Waals surface area contributed by atoms with E-state index in [4.69, 9.17) is 4.74 Å². The molecule has 1 amide bonds. The van der Waals surface area contributed by atoms with Gasteiger partial charge in [0.2, 0.25) is 5.91 Å². The molecule has 1 aliphatic heterocycles. The molecule has 1 saturated carbocycles. The van der Waals surface area contributed by atoms with E-state index in [1.54, 1.807) is 0 Å². The highest BCUT2D eigenvalue weighted by Crippen LogP contribution is 2.49. The van der Waals surface area contributed by atoms with Crippen molar-refractivity contribution in [2.75, 3.05) is 20.2 Å². The third-order valence-electron chi connectivity index (χ3n) is 4.72. The molecular formula is C17H23FN2O2. The predicted molar refractivity (Wildman–Crippen MR) is 82.4 cm³/mol.